The molecule has 1 aromatic heterocycles. The van der Waals surface area contributed by atoms with Gasteiger partial charge in [-0.05, 0) is 0 Å². The second kappa shape index (κ2) is 4.36. The Morgan fingerprint density at radius 1 is 1.53 bits per heavy atom. The highest BCUT2D eigenvalue weighted by atomic mass is 32.2. The first-order valence-electron chi connectivity index (χ1n) is 3.92. The minimum absolute atomic E-state index is 0.000370. The maximum Gasteiger partial charge on any atom is 0.330 e. The fraction of sp³-hybridized carbons (Fsp3) is 0.500. The summed E-state index contributed by atoms with van der Waals surface area (Å²) in [6.45, 7) is 0.00317. The Morgan fingerprint density at radius 3 is 2.80 bits per heavy atom. The van der Waals surface area contributed by atoms with Gasteiger partial charge in [-0.3, -0.25) is 14.2 Å². The minimum atomic E-state index is -3.30. The summed E-state index contributed by atoms with van der Waals surface area (Å²) in [5.41, 5.74) is -1.69. The van der Waals surface area contributed by atoms with Gasteiger partial charge in [0, 0.05) is 13.1 Å². The Morgan fingerprint density at radius 2 is 2.20 bits per heavy atom. The van der Waals surface area contributed by atoms with E-state index in [4.69, 9.17) is 0 Å². The molecule has 0 aliphatic carbocycles. The van der Waals surface area contributed by atoms with Gasteiger partial charge in [-0.2, -0.15) is 5.10 Å². The van der Waals surface area contributed by atoms with Crippen molar-refractivity contribution in [1.29, 1.82) is 0 Å². The second-order valence-corrected chi connectivity index (χ2v) is 4.61. The van der Waals surface area contributed by atoms with Crippen LogP contribution < -0.4 is 15.8 Å². The summed E-state index contributed by atoms with van der Waals surface area (Å²) in [5.74, 6) is 0. The SMILES string of the molecule is CS(=O)(=O)NCCn1[c]n[nH]c(=O)c1=O. The number of aromatic amines is 1. The van der Waals surface area contributed by atoms with Gasteiger partial charge in [-0.25, -0.2) is 18.2 Å². The van der Waals surface area contributed by atoms with Crippen molar-refractivity contribution >= 4 is 10.0 Å². The van der Waals surface area contributed by atoms with E-state index in [-0.39, 0.29) is 13.1 Å². The minimum Gasteiger partial charge on any atom is -0.282 e. The Hall–Kier alpha value is -1.48. The van der Waals surface area contributed by atoms with Crippen molar-refractivity contribution in [1.82, 2.24) is 19.5 Å². The molecular formula is C6H9N4O4S. The molecule has 2 N–H and O–H groups in total. The van der Waals surface area contributed by atoms with Gasteiger partial charge in [-0.15, -0.1) is 0 Å². The summed E-state index contributed by atoms with van der Waals surface area (Å²) in [7, 11) is -3.30. The molecule has 0 aliphatic heterocycles. The van der Waals surface area contributed by atoms with Crippen molar-refractivity contribution in [2.75, 3.05) is 12.8 Å². The summed E-state index contributed by atoms with van der Waals surface area (Å²) < 4.78 is 24.4. The van der Waals surface area contributed by atoms with E-state index in [1.807, 2.05) is 5.10 Å². The van der Waals surface area contributed by atoms with Gasteiger partial charge in [0.15, 0.2) is 0 Å². The third-order valence-corrected chi connectivity index (χ3v) is 2.20. The van der Waals surface area contributed by atoms with Gasteiger partial charge in [0.25, 0.3) is 0 Å². The maximum absolute atomic E-state index is 11.1. The molecule has 8 nitrogen and oxygen atoms in total. The van der Waals surface area contributed by atoms with E-state index in [9.17, 15) is 18.0 Å². The maximum atomic E-state index is 11.1. The van der Waals surface area contributed by atoms with Crippen LogP contribution >= 0.6 is 0 Å². The van der Waals surface area contributed by atoms with Gasteiger partial charge in [0.05, 0.1) is 6.26 Å². The molecule has 0 amide bonds. The van der Waals surface area contributed by atoms with Crippen LogP contribution in [0.4, 0.5) is 0 Å². The van der Waals surface area contributed by atoms with Crippen LogP contribution in [0.5, 0.6) is 0 Å². The molecule has 0 fully saturated rings. The number of nitrogens with one attached hydrogen (secondary N) is 2. The van der Waals surface area contributed by atoms with Crippen LogP contribution in [0, 0.1) is 6.33 Å². The molecule has 83 valence electrons. The smallest absolute Gasteiger partial charge is 0.282 e. The zero-order chi connectivity index (χ0) is 11.5. The number of hydrogen-bond acceptors (Lipinski definition) is 5. The van der Waals surface area contributed by atoms with E-state index >= 15 is 0 Å². The van der Waals surface area contributed by atoms with E-state index in [1.165, 1.54) is 0 Å². The normalized spacial score (nSPS) is 11.5. The van der Waals surface area contributed by atoms with Crippen molar-refractivity contribution in [3.05, 3.63) is 27.0 Å². The van der Waals surface area contributed by atoms with Crippen molar-refractivity contribution < 1.29 is 8.42 Å². The van der Waals surface area contributed by atoms with E-state index in [2.05, 4.69) is 16.1 Å². The summed E-state index contributed by atoms with van der Waals surface area (Å²) >= 11 is 0. The van der Waals surface area contributed by atoms with Crippen LogP contribution in [-0.2, 0) is 16.6 Å². The first-order chi connectivity index (χ1) is 6.90. The molecule has 0 saturated carbocycles. The predicted molar refractivity (Wildman–Crippen MR) is 50.8 cm³/mol. The van der Waals surface area contributed by atoms with Crippen LogP contribution in [-0.4, -0.2) is 36.0 Å². The first kappa shape index (κ1) is 11.6. The van der Waals surface area contributed by atoms with Crippen LogP contribution in [0.1, 0.15) is 0 Å². The predicted octanol–water partition coefficient (Wildman–Crippen LogP) is -2.72. The van der Waals surface area contributed by atoms with E-state index in [1.54, 1.807) is 0 Å². The van der Waals surface area contributed by atoms with Crippen molar-refractivity contribution in [3.63, 3.8) is 0 Å². The summed E-state index contributed by atoms with van der Waals surface area (Å²) in [4.78, 5) is 21.9. The highest BCUT2D eigenvalue weighted by Gasteiger charge is 2.03. The van der Waals surface area contributed by atoms with Crippen LogP contribution in [0.25, 0.3) is 0 Å². The Bertz CT molecular complexity index is 543. The summed E-state index contributed by atoms with van der Waals surface area (Å²) in [5, 5.41) is 5.20. The number of rotatable bonds is 4. The van der Waals surface area contributed by atoms with Gasteiger partial charge in [0.2, 0.25) is 16.4 Å². The fourth-order valence-electron chi connectivity index (χ4n) is 0.846. The zero-order valence-corrected chi connectivity index (χ0v) is 8.67. The molecule has 0 atom stereocenters. The molecule has 1 aromatic rings. The highest BCUT2D eigenvalue weighted by Crippen LogP contribution is 1.76. The number of hydrogen-bond donors (Lipinski definition) is 2. The summed E-state index contributed by atoms with van der Waals surface area (Å²) in [6.07, 6.45) is 3.22. The Labute approximate surface area is 85.0 Å². The average molecular weight is 233 g/mol. The number of H-pyrrole nitrogens is 1. The molecule has 0 bridgehead atoms. The van der Waals surface area contributed by atoms with Crippen molar-refractivity contribution in [2.24, 2.45) is 0 Å². The van der Waals surface area contributed by atoms with E-state index < -0.39 is 21.1 Å². The van der Waals surface area contributed by atoms with Crippen LogP contribution in [0.15, 0.2) is 9.59 Å². The van der Waals surface area contributed by atoms with Gasteiger partial charge in [-0.1, -0.05) is 0 Å². The van der Waals surface area contributed by atoms with E-state index in [0.29, 0.717) is 0 Å². The third-order valence-electron chi connectivity index (χ3n) is 1.47. The zero-order valence-electron chi connectivity index (χ0n) is 7.85. The number of nitrogens with zero attached hydrogens (tertiary/aromatic N) is 2. The summed E-state index contributed by atoms with van der Waals surface area (Å²) in [6, 6.07) is 0. The molecule has 1 rings (SSSR count). The van der Waals surface area contributed by atoms with Crippen molar-refractivity contribution in [2.45, 2.75) is 6.54 Å². The lowest BCUT2D eigenvalue weighted by molar-refractivity contribution is 0.569. The van der Waals surface area contributed by atoms with Crippen LogP contribution in [0.3, 0.4) is 0 Å². The standard InChI is InChI=1S/C6H9N4O4S/c1-15(13,14)8-2-3-10-4-7-9-5(11)6(10)12/h8H,2-3H2,1H3,(H,9,11). The lowest BCUT2D eigenvalue weighted by Gasteiger charge is -2.02. The topological polar surface area (TPSA) is 114 Å². The lowest BCUT2D eigenvalue weighted by Crippen LogP contribution is -2.39. The molecule has 15 heavy (non-hydrogen) atoms. The van der Waals surface area contributed by atoms with Gasteiger partial charge in [0.1, 0.15) is 0 Å². The largest absolute Gasteiger partial charge is 0.330 e. The Kier molecular flexibility index (Phi) is 3.37. The number of sulfonamides is 1. The molecule has 9 heteroatoms. The monoisotopic (exact) mass is 233 g/mol. The fourth-order valence-corrected chi connectivity index (χ4v) is 1.31. The lowest BCUT2D eigenvalue weighted by atomic mass is 10.6. The average Bonchev–Trinajstić information content (AvgIpc) is 2.10. The molecule has 1 heterocycles. The quantitative estimate of drug-likeness (QED) is 0.548. The molecule has 1 radical (unpaired) electrons. The second-order valence-electron chi connectivity index (χ2n) is 2.78. The molecule has 0 spiro atoms. The first-order valence-corrected chi connectivity index (χ1v) is 5.81. The third kappa shape index (κ3) is 3.64. The molecular weight excluding hydrogens is 224 g/mol. The van der Waals surface area contributed by atoms with E-state index in [0.717, 1.165) is 10.8 Å². The van der Waals surface area contributed by atoms with Gasteiger partial charge < -0.3 is 0 Å². The number of aromatic nitrogens is 3. The molecule has 0 aliphatic rings. The van der Waals surface area contributed by atoms with Crippen LogP contribution in [0.2, 0.25) is 0 Å². The molecule has 0 aromatic carbocycles. The Balaban J connectivity index is 2.71. The van der Waals surface area contributed by atoms with Crippen molar-refractivity contribution in [3.8, 4) is 0 Å². The molecule has 0 saturated heterocycles. The molecule has 0 unspecified atom stereocenters. The highest BCUT2D eigenvalue weighted by molar-refractivity contribution is 7.88. The van der Waals surface area contributed by atoms with Gasteiger partial charge >= 0.3 is 11.1 Å².